The summed E-state index contributed by atoms with van der Waals surface area (Å²) in [5.41, 5.74) is -0.0516. The van der Waals surface area contributed by atoms with Gasteiger partial charge in [0.1, 0.15) is 5.56 Å². The van der Waals surface area contributed by atoms with Crippen LogP contribution in [0.3, 0.4) is 0 Å². The average Bonchev–Trinajstić information content (AvgIpc) is 2.20. The van der Waals surface area contributed by atoms with Crippen LogP contribution in [0.1, 0.15) is 35.8 Å². The minimum absolute atomic E-state index is 0.0907. The molecule has 1 aromatic heterocycles. The second kappa shape index (κ2) is 4.67. The maximum absolute atomic E-state index is 11.8. The Morgan fingerprint density at radius 2 is 2.19 bits per heavy atom. The van der Waals surface area contributed by atoms with Crippen LogP contribution in [-0.2, 0) is 6.54 Å². The number of carboxylic acids is 1. The van der Waals surface area contributed by atoms with Gasteiger partial charge in [-0.1, -0.05) is 19.8 Å². The van der Waals surface area contributed by atoms with Gasteiger partial charge in [-0.2, -0.15) is 0 Å². The smallest absolute Gasteiger partial charge is 0.341 e. The Bertz CT molecular complexity index is 506. The van der Waals surface area contributed by atoms with E-state index < -0.39 is 11.5 Å². The van der Waals surface area contributed by atoms with Crippen molar-refractivity contribution in [2.75, 3.05) is 0 Å². The fraction of sp³-hybridized carbons (Fsp3) is 0.333. The molecule has 16 heavy (non-hydrogen) atoms. The van der Waals surface area contributed by atoms with Crippen LogP contribution in [0.15, 0.2) is 16.9 Å². The molecule has 0 saturated carbocycles. The Kier molecular flexibility index (Phi) is 3.51. The van der Waals surface area contributed by atoms with Gasteiger partial charge in [-0.15, -0.1) is 6.42 Å². The monoisotopic (exact) mass is 219 g/mol. The number of aromatic nitrogens is 1. The molecule has 0 aliphatic rings. The SMILES string of the molecule is C#CCn1c(C(C)C)ccc(C(=O)O)c1=O. The Hall–Kier alpha value is -2.02. The average molecular weight is 219 g/mol. The maximum Gasteiger partial charge on any atom is 0.341 e. The van der Waals surface area contributed by atoms with Gasteiger partial charge in [0, 0.05) is 5.69 Å². The van der Waals surface area contributed by atoms with Crippen molar-refractivity contribution in [1.29, 1.82) is 0 Å². The molecule has 0 radical (unpaired) electrons. The molecule has 0 saturated heterocycles. The van der Waals surface area contributed by atoms with Gasteiger partial charge < -0.3 is 9.67 Å². The molecule has 1 heterocycles. The molecule has 0 aliphatic heterocycles. The highest BCUT2D eigenvalue weighted by Gasteiger charge is 2.14. The van der Waals surface area contributed by atoms with Crippen LogP contribution in [0.2, 0.25) is 0 Å². The second-order valence-corrected chi connectivity index (χ2v) is 3.73. The third-order valence-corrected chi connectivity index (χ3v) is 2.28. The zero-order valence-corrected chi connectivity index (χ0v) is 9.23. The molecule has 4 heteroatoms. The lowest BCUT2D eigenvalue weighted by molar-refractivity contribution is 0.0694. The normalized spacial score (nSPS) is 10.1. The van der Waals surface area contributed by atoms with E-state index in [9.17, 15) is 9.59 Å². The molecule has 1 aromatic rings. The van der Waals surface area contributed by atoms with Crippen LogP contribution in [0.4, 0.5) is 0 Å². The first kappa shape index (κ1) is 12.1. The molecule has 0 aliphatic carbocycles. The molecule has 0 unspecified atom stereocenters. The summed E-state index contributed by atoms with van der Waals surface area (Å²) in [6, 6.07) is 2.96. The van der Waals surface area contributed by atoms with E-state index in [0.717, 1.165) is 5.69 Å². The van der Waals surface area contributed by atoms with Gasteiger partial charge in [0.05, 0.1) is 6.54 Å². The fourth-order valence-corrected chi connectivity index (χ4v) is 1.51. The van der Waals surface area contributed by atoms with Gasteiger partial charge in [0.25, 0.3) is 5.56 Å². The number of hydrogen-bond acceptors (Lipinski definition) is 2. The molecule has 0 amide bonds. The van der Waals surface area contributed by atoms with E-state index >= 15 is 0 Å². The lowest BCUT2D eigenvalue weighted by Crippen LogP contribution is -2.28. The zero-order chi connectivity index (χ0) is 12.3. The van der Waals surface area contributed by atoms with Crippen molar-refractivity contribution in [3.05, 3.63) is 33.7 Å². The summed E-state index contributed by atoms with van der Waals surface area (Å²) in [4.78, 5) is 22.6. The summed E-state index contributed by atoms with van der Waals surface area (Å²) in [5, 5.41) is 8.82. The number of nitrogens with zero attached hydrogens (tertiary/aromatic N) is 1. The minimum atomic E-state index is -1.23. The van der Waals surface area contributed by atoms with Crippen molar-refractivity contribution in [3.8, 4) is 12.3 Å². The predicted octanol–water partition coefficient (Wildman–Crippen LogP) is 1.30. The molecule has 0 spiro atoms. The van der Waals surface area contributed by atoms with Crippen LogP contribution in [0, 0.1) is 12.3 Å². The Morgan fingerprint density at radius 1 is 1.56 bits per heavy atom. The van der Waals surface area contributed by atoms with Gasteiger partial charge in [-0.3, -0.25) is 4.79 Å². The van der Waals surface area contributed by atoms with Gasteiger partial charge in [-0.25, -0.2) is 4.79 Å². The van der Waals surface area contributed by atoms with Crippen molar-refractivity contribution in [2.24, 2.45) is 0 Å². The summed E-state index contributed by atoms with van der Waals surface area (Å²) < 4.78 is 1.33. The Balaban J connectivity index is 3.49. The number of pyridine rings is 1. The lowest BCUT2D eigenvalue weighted by Gasteiger charge is -2.13. The van der Waals surface area contributed by atoms with E-state index in [1.807, 2.05) is 13.8 Å². The highest BCUT2D eigenvalue weighted by atomic mass is 16.4. The quantitative estimate of drug-likeness (QED) is 0.779. The van der Waals surface area contributed by atoms with Crippen molar-refractivity contribution < 1.29 is 9.90 Å². The first-order valence-electron chi connectivity index (χ1n) is 4.89. The van der Waals surface area contributed by atoms with Crippen molar-refractivity contribution in [2.45, 2.75) is 26.3 Å². The van der Waals surface area contributed by atoms with E-state index in [1.54, 1.807) is 6.07 Å². The van der Waals surface area contributed by atoms with Crippen molar-refractivity contribution in [1.82, 2.24) is 4.57 Å². The molecule has 84 valence electrons. The fourth-order valence-electron chi connectivity index (χ4n) is 1.51. The minimum Gasteiger partial charge on any atom is -0.477 e. The molecule has 0 atom stereocenters. The third-order valence-electron chi connectivity index (χ3n) is 2.28. The third kappa shape index (κ3) is 2.14. The van der Waals surface area contributed by atoms with Crippen molar-refractivity contribution in [3.63, 3.8) is 0 Å². The van der Waals surface area contributed by atoms with Crippen molar-refractivity contribution >= 4 is 5.97 Å². The second-order valence-electron chi connectivity index (χ2n) is 3.73. The van der Waals surface area contributed by atoms with Gasteiger partial charge >= 0.3 is 5.97 Å². The summed E-state index contributed by atoms with van der Waals surface area (Å²) in [5.74, 6) is 1.24. The zero-order valence-electron chi connectivity index (χ0n) is 9.23. The predicted molar refractivity (Wildman–Crippen MR) is 60.6 cm³/mol. The highest BCUT2D eigenvalue weighted by Crippen LogP contribution is 2.12. The molecular weight excluding hydrogens is 206 g/mol. The van der Waals surface area contributed by atoms with Gasteiger partial charge in [0.2, 0.25) is 0 Å². The van der Waals surface area contributed by atoms with E-state index in [2.05, 4.69) is 5.92 Å². The largest absolute Gasteiger partial charge is 0.477 e. The Labute approximate surface area is 93.5 Å². The molecular formula is C12H13NO3. The number of aromatic carboxylic acids is 1. The van der Waals surface area contributed by atoms with E-state index in [-0.39, 0.29) is 18.0 Å². The molecule has 0 bridgehead atoms. The summed E-state index contributed by atoms with van der Waals surface area (Å²) in [6.45, 7) is 3.93. The maximum atomic E-state index is 11.8. The number of terminal acetylenes is 1. The van der Waals surface area contributed by atoms with Crippen LogP contribution in [0.25, 0.3) is 0 Å². The van der Waals surface area contributed by atoms with E-state index in [0.29, 0.717) is 0 Å². The molecule has 1 N–H and O–H groups in total. The van der Waals surface area contributed by atoms with Crippen LogP contribution in [0.5, 0.6) is 0 Å². The number of carbonyl (C=O) groups is 1. The first-order chi connectivity index (χ1) is 7.49. The topological polar surface area (TPSA) is 59.3 Å². The van der Waals surface area contributed by atoms with E-state index in [4.69, 9.17) is 11.5 Å². The number of carboxylic acid groups (broad SMARTS) is 1. The number of hydrogen-bond donors (Lipinski definition) is 1. The standard InChI is InChI=1S/C12H13NO3/c1-4-7-13-10(8(2)3)6-5-9(11(13)14)12(15)16/h1,5-6,8H,7H2,2-3H3,(H,15,16). The van der Waals surface area contributed by atoms with E-state index in [1.165, 1.54) is 10.6 Å². The summed E-state index contributed by atoms with van der Waals surface area (Å²) >= 11 is 0. The first-order valence-corrected chi connectivity index (χ1v) is 4.89. The van der Waals surface area contributed by atoms with Gasteiger partial charge in [0.15, 0.2) is 0 Å². The molecule has 0 fully saturated rings. The lowest BCUT2D eigenvalue weighted by atomic mass is 10.1. The Morgan fingerprint density at radius 3 is 2.62 bits per heavy atom. The van der Waals surface area contributed by atoms with Gasteiger partial charge in [-0.05, 0) is 18.1 Å². The highest BCUT2D eigenvalue weighted by molar-refractivity contribution is 5.87. The molecule has 4 nitrogen and oxygen atoms in total. The summed E-state index contributed by atoms with van der Waals surface area (Å²) in [7, 11) is 0. The summed E-state index contributed by atoms with van der Waals surface area (Å²) in [6.07, 6.45) is 5.17. The molecule has 1 rings (SSSR count). The van der Waals surface area contributed by atoms with Crippen LogP contribution in [-0.4, -0.2) is 15.6 Å². The number of rotatable bonds is 3. The van der Waals surface area contributed by atoms with Crippen LogP contribution < -0.4 is 5.56 Å². The van der Waals surface area contributed by atoms with Crippen LogP contribution >= 0.6 is 0 Å². The molecule has 0 aromatic carbocycles.